The smallest absolute Gasteiger partial charge is 0.189 e. The van der Waals surface area contributed by atoms with Crippen LogP contribution in [0.15, 0.2) is 53.5 Å². The minimum absolute atomic E-state index is 0.436. The fourth-order valence-corrected chi connectivity index (χ4v) is 2.00. The largest absolute Gasteiger partial charge is 0.370 e. The molecule has 0 aromatic heterocycles. The lowest BCUT2D eigenvalue weighted by atomic mass is 10.1. The molecule has 0 saturated carbocycles. The third kappa shape index (κ3) is 4.87. The normalized spacial score (nSPS) is 11.5. The Balaban J connectivity index is 1.83. The van der Waals surface area contributed by atoms with E-state index in [2.05, 4.69) is 10.3 Å². The number of aliphatic imine (C=N–C) groups is 1. The third-order valence-electron chi connectivity index (χ3n) is 3.42. The van der Waals surface area contributed by atoms with Gasteiger partial charge in [0, 0.05) is 19.6 Å². The highest BCUT2D eigenvalue weighted by molar-refractivity contribution is 5.77. The van der Waals surface area contributed by atoms with E-state index in [1.54, 1.807) is 0 Å². The maximum absolute atomic E-state index is 5.88. The third-order valence-corrected chi connectivity index (χ3v) is 3.42. The van der Waals surface area contributed by atoms with E-state index in [-0.39, 0.29) is 0 Å². The van der Waals surface area contributed by atoms with Gasteiger partial charge in [-0.3, -0.25) is 0 Å². The first-order chi connectivity index (χ1) is 10.7. The first-order valence-corrected chi connectivity index (χ1v) is 7.31. The molecule has 5 nitrogen and oxygen atoms in total. The van der Waals surface area contributed by atoms with Crippen LogP contribution >= 0.6 is 0 Å². The van der Waals surface area contributed by atoms with Crippen LogP contribution in [0, 0.1) is 0 Å². The van der Waals surface area contributed by atoms with Crippen molar-refractivity contribution in [2.75, 3.05) is 0 Å². The summed E-state index contributed by atoms with van der Waals surface area (Å²) in [7, 11) is 0. The van der Waals surface area contributed by atoms with E-state index < -0.39 is 0 Å². The molecule has 116 valence electrons. The highest BCUT2D eigenvalue weighted by atomic mass is 15.1. The van der Waals surface area contributed by atoms with Gasteiger partial charge in [0.05, 0.1) is 6.54 Å². The van der Waals surface area contributed by atoms with Crippen molar-refractivity contribution < 1.29 is 0 Å². The molecule has 0 fully saturated rings. The van der Waals surface area contributed by atoms with E-state index in [9.17, 15) is 0 Å². The van der Waals surface area contributed by atoms with Crippen LogP contribution < -0.4 is 22.5 Å². The van der Waals surface area contributed by atoms with Crippen LogP contribution in [0.4, 0.5) is 0 Å². The minimum Gasteiger partial charge on any atom is -0.370 e. The van der Waals surface area contributed by atoms with Gasteiger partial charge in [-0.1, -0.05) is 48.5 Å². The number of hydrogen-bond acceptors (Lipinski definition) is 3. The van der Waals surface area contributed by atoms with Crippen LogP contribution in [-0.2, 0) is 26.2 Å². The van der Waals surface area contributed by atoms with Gasteiger partial charge in [0.25, 0.3) is 0 Å². The molecule has 7 N–H and O–H groups in total. The Labute approximate surface area is 131 Å². The van der Waals surface area contributed by atoms with Crippen LogP contribution in [-0.4, -0.2) is 5.96 Å². The van der Waals surface area contributed by atoms with Crippen molar-refractivity contribution in [3.05, 3.63) is 70.8 Å². The summed E-state index contributed by atoms with van der Waals surface area (Å²) in [6.45, 7) is 2.30. The van der Waals surface area contributed by atoms with Crippen molar-refractivity contribution in [1.29, 1.82) is 0 Å². The predicted molar refractivity (Wildman–Crippen MR) is 90.8 cm³/mol. The second kappa shape index (κ2) is 8.17. The zero-order valence-electron chi connectivity index (χ0n) is 12.6. The Hall–Kier alpha value is -2.37. The van der Waals surface area contributed by atoms with Gasteiger partial charge in [0.1, 0.15) is 0 Å². The molecule has 0 amide bonds. The van der Waals surface area contributed by atoms with Crippen LogP contribution in [0.3, 0.4) is 0 Å². The van der Waals surface area contributed by atoms with Gasteiger partial charge >= 0.3 is 0 Å². The summed E-state index contributed by atoms with van der Waals surface area (Å²) in [4.78, 5) is 4.33. The predicted octanol–water partition coefficient (Wildman–Crippen LogP) is 1.21. The molecule has 2 aromatic rings. The lowest BCUT2D eigenvalue weighted by molar-refractivity contribution is 0.883. The highest BCUT2D eigenvalue weighted by Gasteiger charge is 1.97. The van der Waals surface area contributed by atoms with Crippen LogP contribution in [0.1, 0.15) is 22.3 Å². The summed E-state index contributed by atoms with van der Waals surface area (Å²) >= 11 is 0. The molecule has 22 heavy (non-hydrogen) atoms. The van der Waals surface area contributed by atoms with Gasteiger partial charge in [-0.25, -0.2) is 4.99 Å². The summed E-state index contributed by atoms with van der Waals surface area (Å²) in [6.07, 6.45) is 0. The van der Waals surface area contributed by atoms with Crippen molar-refractivity contribution in [3.63, 3.8) is 0 Å². The van der Waals surface area contributed by atoms with Gasteiger partial charge in [0.15, 0.2) is 5.96 Å². The van der Waals surface area contributed by atoms with Crippen molar-refractivity contribution in [2.24, 2.45) is 22.2 Å². The van der Waals surface area contributed by atoms with E-state index in [1.807, 2.05) is 48.5 Å². The van der Waals surface area contributed by atoms with Crippen molar-refractivity contribution in [1.82, 2.24) is 5.32 Å². The fraction of sp³-hybridized carbons (Fsp3) is 0.235. The number of guanidine groups is 1. The Morgan fingerprint density at radius 2 is 1.23 bits per heavy atom. The van der Waals surface area contributed by atoms with Crippen LogP contribution in [0.25, 0.3) is 0 Å². The Bertz CT molecular complexity index is 602. The second-order valence-electron chi connectivity index (χ2n) is 5.10. The van der Waals surface area contributed by atoms with Crippen LogP contribution in [0.2, 0.25) is 0 Å². The topological polar surface area (TPSA) is 102 Å². The quantitative estimate of drug-likeness (QED) is 0.475. The molecule has 0 aliphatic heterocycles. The van der Waals surface area contributed by atoms with E-state index in [0.717, 1.165) is 22.3 Å². The number of hydrogen-bond donors (Lipinski definition) is 4. The molecule has 0 radical (unpaired) electrons. The van der Waals surface area contributed by atoms with E-state index in [0.29, 0.717) is 32.1 Å². The van der Waals surface area contributed by atoms with E-state index >= 15 is 0 Å². The molecular formula is C17H23N5. The van der Waals surface area contributed by atoms with Gasteiger partial charge in [0.2, 0.25) is 0 Å². The Kier molecular flexibility index (Phi) is 5.94. The molecule has 2 aromatic carbocycles. The van der Waals surface area contributed by atoms with Gasteiger partial charge in [-0.15, -0.1) is 0 Å². The molecule has 0 aliphatic carbocycles. The summed E-state index contributed by atoms with van der Waals surface area (Å²) < 4.78 is 0. The molecule has 0 heterocycles. The second-order valence-corrected chi connectivity index (χ2v) is 5.10. The molecule has 2 rings (SSSR count). The summed E-state index contributed by atoms with van der Waals surface area (Å²) in [6, 6.07) is 16.2. The zero-order valence-corrected chi connectivity index (χ0v) is 12.6. The average molecular weight is 297 g/mol. The summed E-state index contributed by atoms with van der Waals surface area (Å²) in [5, 5.41) is 3.11. The maximum atomic E-state index is 5.88. The number of nitrogens with two attached hydrogens (primary N) is 3. The summed E-state index contributed by atoms with van der Waals surface area (Å²) in [5.41, 5.74) is 21.5. The number of rotatable bonds is 6. The first kappa shape index (κ1) is 16.0. The van der Waals surface area contributed by atoms with Crippen molar-refractivity contribution in [2.45, 2.75) is 26.2 Å². The lowest BCUT2D eigenvalue weighted by Gasteiger charge is -2.07. The van der Waals surface area contributed by atoms with E-state index in [1.165, 1.54) is 0 Å². The van der Waals surface area contributed by atoms with Crippen LogP contribution in [0.5, 0.6) is 0 Å². The molecule has 0 unspecified atom stereocenters. The summed E-state index contributed by atoms with van der Waals surface area (Å²) in [5.74, 6) is 0.436. The average Bonchev–Trinajstić information content (AvgIpc) is 2.59. The maximum Gasteiger partial charge on any atom is 0.189 e. The van der Waals surface area contributed by atoms with Gasteiger partial charge in [-0.2, -0.15) is 0 Å². The molecule has 0 spiro atoms. The molecule has 0 aliphatic rings. The lowest BCUT2D eigenvalue weighted by Crippen LogP contribution is -2.31. The number of nitrogens with one attached hydrogen (secondary N) is 1. The molecule has 0 atom stereocenters. The number of benzene rings is 2. The monoisotopic (exact) mass is 297 g/mol. The van der Waals surface area contributed by atoms with Gasteiger partial charge < -0.3 is 22.5 Å². The standard InChI is InChI=1S/C17H23N5/c18-9-13-1-5-15(6-2-13)11-21-17(20)22-12-16-7-3-14(10-19)4-8-16/h1-8H,9-12,18-19H2,(H3,20,21,22). The minimum atomic E-state index is 0.436. The van der Waals surface area contributed by atoms with Crippen molar-refractivity contribution in [3.8, 4) is 0 Å². The molecule has 5 heteroatoms. The molecular weight excluding hydrogens is 274 g/mol. The van der Waals surface area contributed by atoms with Crippen molar-refractivity contribution >= 4 is 5.96 Å². The highest BCUT2D eigenvalue weighted by Crippen LogP contribution is 2.05. The SMILES string of the molecule is NCc1ccc(CN=C(N)NCc2ccc(CN)cc2)cc1. The Morgan fingerprint density at radius 3 is 1.73 bits per heavy atom. The first-order valence-electron chi connectivity index (χ1n) is 7.31. The Morgan fingerprint density at radius 1 is 0.773 bits per heavy atom. The fourth-order valence-electron chi connectivity index (χ4n) is 2.00. The molecule has 0 saturated heterocycles. The molecule has 0 bridgehead atoms. The zero-order chi connectivity index (χ0) is 15.8. The number of nitrogens with zero attached hydrogens (tertiary/aromatic N) is 1. The van der Waals surface area contributed by atoms with Gasteiger partial charge in [-0.05, 0) is 22.3 Å². The van der Waals surface area contributed by atoms with E-state index in [4.69, 9.17) is 17.2 Å².